The summed E-state index contributed by atoms with van der Waals surface area (Å²) >= 11 is 0. The fourth-order valence-electron chi connectivity index (χ4n) is 3.16. The highest BCUT2D eigenvalue weighted by Crippen LogP contribution is 2.34. The highest BCUT2D eigenvalue weighted by Gasteiger charge is 2.28. The molecule has 2 aliphatic rings. The summed E-state index contributed by atoms with van der Waals surface area (Å²) in [6.45, 7) is 1.58. The predicted molar refractivity (Wildman–Crippen MR) is 91.9 cm³/mol. The molecule has 122 valence electrons. The molecule has 2 aliphatic heterocycles. The highest BCUT2D eigenvalue weighted by atomic mass is 19.1. The molecule has 0 unspecified atom stereocenters. The first-order valence-corrected chi connectivity index (χ1v) is 7.88. The second kappa shape index (κ2) is 5.67. The maximum Gasteiger partial charge on any atom is 0.257 e. The zero-order valence-corrected chi connectivity index (χ0v) is 13.3. The molecule has 0 fully saturated rings. The summed E-state index contributed by atoms with van der Waals surface area (Å²) in [6, 6.07) is 12.2. The molecule has 0 radical (unpaired) electrons. The minimum absolute atomic E-state index is 0.0922. The van der Waals surface area contributed by atoms with E-state index in [4.69, 9.17) is 4.74 Å². The van der Waals surface area contributed by atoms with Crippen molar-refractivity contribution in [3.63, 3.8) is 0 Å². The number of fused-ring (bicyclic) bond motifs is 2. The molecule has 0 saturated heterocycles. The lowest BCUT2D eigenvalue weighted by Crippen LogP contribution is -2.44. The van der Waals surface area contributed by atoms with Crippen molar-refractivity contribution in [1.82, 2.24) is 0 Å². The molecule has 2 heterocycles. The Labute approximate surface area is 139 Å². The van der Waals surface area contributed by atoms with E-state index in [9.17, 15) is 9.18 Å². The van der Waals surface area contributed by atoms with Crippen molar-refractivity contribution in [2.45, 2.75) is 0 Å². The first kappa shape index (κ1) is 14.8. The first-order valence-electron chi connectivity index (χ1n) is 7.88. The summed E-state index contributed by atoms with van der Waals surface area (Å²) in [5.41, 5.74) is 3.06. The monoisotopic (exact) mass is 324 g/mol. The Kier molecular flexibility index (Phi) is 3.49. The van der Waals surface area contributed by atoms with Crippen LogP contribution in [0.4, 0.5) is 15.8 Å². The minimum atomic E-state index is -0.341. The van der Waals surface area contributed by atoms with E-state index in [1.807, 2.05) is 31.3 Å². The van der Waals surface area contributed by atoms with E-state index in [1.165, 1.54) is 12.1 Å². The van der Waals surface area contributed by atoms with Crippen LogP contribution in [0.25, 0.3) is 6.08 Å². The van der Waals surface area contributed by atoms with E-state index in [-0.39, 0.29) is 18.3 Å². The standard InChI is InChI=1S/C19H17FN2O2/c1-21-8-9-22(17-5-3-2-4-16(17)21)19(23)14-10-13-11-15(20)6-7-18(13)24-12-14/h2-7,10-11H,8-9,12H2,1H3. The largest absolute Gasteiger partial charge is 0.488 e. The minimum Gasteiger partial charge on any atom is -0.488 e. The van der Waals surface area contributed by atoms with Gasteiger partial charge in [0.1, 0.15) is 18.2 Å². The number of carbonyl (C=O) groups is 1. The van der Waals surface area contributed by atoms with Crippen LogP contribution in [0.3, 0.4) is 0 Å². The van der Waals surface area contributed by atoms with Crippen LogP contribution in [0.2, 0.25) is 0 Å². The van der Waals surface area contributed by atoms with Gasteiger partial charge in [-0.3, -0.25) is 4.79 Å². The molecule has 1 amide bonds. The molecule has 0 spiro atoms. The number of amides is 1. The fourth-order valence-corrected chi connectivity index (χ4v) is 3.16. The van der Waals surface area contributed by atoms with Crippen LogP contribution in [0, 0.1) is 5.82 Å². The summed E-state index contributed by atoms with van der Waals surface area (Å²) in [4.78, 5) is 16.9. The number of likely N-dealkylation sites (N-methyl/N-ethyl adjacent to an activating group) is 1. The molecular weight excluding hydrogens is 307 g/mol. The van der Waals surface area contributed by atoms with Gasteiger partial charge in [-0.25, -0.2) is 4.39 Å². The summed E-state index contributed by atoms with van der Waals surface area (Å²) in [5.74, 6) is 0.171. The molecule has 2 aromatic rings. The van der Waals surface area contributed by atoms with Crippen LogP contribution >= 0.6 is 0 Å². The van der Waals surface area contributed by atoms with Gasteiger partial charge in [0, 0.05) is 25.7 Å². The Morgan fingerprint density at radius 1 is 1.12 bits per heavy atom. The smallest absolute Gasteiger partial charge is 0.257 e. The average molecular weight is 324 g/mol. The first-order chi connectivity index (χ1) is 11.6. The van der Waals surface area contributed by atoms with Crippen molar-refractivity contribution in [2.24, 2.45) is 0 Å². The normalized spacial score (nSPS) is 16.0. The number of halogens is 1. The second-order valence-electron chi connectivity index (χ2n) is 6.01. The molecule has 0 bridgehead atoms. The van der Waals surface area contributed by atoms with Gasteiger partial charge < -0.3 is 14.5 Å². The molecule has 0 atom stereocenters. The van der Waals surface area contributed by atoms with Crippen molar-refractivity contribution in [3.05, 3.63) is 59.4 Å². The number of hydrogen-bond donors (Lipinski definition) is 0. The third-order valence-electron chi connectivity index (χ3n) is 4.45. The van der Waals surface area contributed by atoms with Crippen molar-refractivity contribution in [3.8, 4) is 5.75 Å². The van der Waals surface area contributed by atoms with Crippen LogP contribution in [0.5, 0.6) is 5.75 Å². The van der Waals surface area contributed by atoms with Gasteiger partial charge >= 0.3 is 0 Å². The molecule has 4 rings (SSSR count). The highest BCUT2D eigenvalue weighted by molar-refractivity contribution is 6.11. The van der Waals surface area contributed by atoms with E-state index in [1.54, 1.807) is 17.0 Å². The number of benzene rings is 2. The Morgan fingerprint density at radius 3 is 2.75 bits per heavy atom. The third kappa shape index (κ3) is 2.42. The van der Waals surface area contributed by atoms with E-state index in [0.29, 0.717) is 23.4 Å². The van der Waals surface area contributed by atoms with Crippen LogP contribution in [-0.2, 0) is 4.79 Å². The van der Waals surface area contributed by atoms with E-state index < -0.39 is 0 Å². The summed E-state index contributed by atoms with van der Waals surface area (Å²) in [6.07, 6.45) is 1.73. The maximum absolute atomic E-state index is 13.4. The second-order valence-corrected chi connectivity index (χ2v) is 6.01. The van der Waals surface area contributed by atoms with Gasteiger partial charge in [-0.2, -0.15) is 0 Å². The van der Waals surface area contributed by atoms with Gasteiger partial charge in [0.25, 0.3) is 5.91 Å². The van der Waals surface area contributed by atoms with E-state index >= 15 is 0 Å². The number of rotatable bonds is 1. The number of nitrogens with zero attached hydrogens (tertiary/aromatic N) is 2. The van der Waals surface area contributed by atoms with Crippen LogP contribution < -0.4 is 14.5 Å². The van der Waals surface area contributed by atoms with Crippen molar-refractivity contribution in [2.75, 3.05) is 36.5 Å². The van der Waals surface area contributed by atoms with Gasteiger partial charge in [0.15, 0.2) is 0 Å². The molecular formula is C19H17FN2O2. The fraction of sp³-hybridized carbons (Fsp3) is 0.211. The topological polar surface area (TPSA) is 32.8 Å². The number of anilines is 2. The van der Waals surface area contributed by atoms with Gasteiger partial charge in [-0.05, 0) is 36.4 Å². The molecule has 0 aromatic heterocycles. The summed E-state index contributed by atoms with van der Waals surface area (Å²) in [5, 5.41) is 0. The van der Waals surface area contributed by atoms with Gasteiger partial charge in [-0.15, -0.1) is 0 Å². The lowest BCUT2D eigenvalue weighted by molar-refractivity contribution is -0.115. The number of carbonyl (C=O) groups excluding carboxylic acids is 1. The van der Waals surface area contributed by atoms with Crippen LogP contribution in [-0.4, -0.2) is 32.7 Å². The molecule has 2 aromatic carbocycles. The van der Waals surface area contributed by atoms with Crippen LogP contribution in [0.15, 0.2) is 48.0 Å². The zero-order valence-electron chi connectivity index (χ0n) is 13.3. The Morgan fingerprint density at radius 2 is 1.92 bits per heavy atom. The van der Waals surface area contributed by atoms with Gasteiger partial charge in [0.2, 0.25) is 0 Å². The van der Waals surface area contributed by atoms with E-state index in [0.717, 1.165) is 17.9 Å². The Balaban J connectivity index is 1.69. The zero-order chi connectivity index (χ0) is 16.7. The molecule has 5 heteroatoms. The molecule has 24 heavy (non-hydrogen) atoms. The Hall–Kier alpha value is -2.82. The van der Waals surface area contributed by atoms with Crippen molar-refractivity contribution < 1.29 is 13.9 Å². The van der Waals surface area contributed by atoms with Crippen LogP contribution in [0.1, 0.15) is 5.56 Å². The predicted octanol–water partition coefficient (Wildman–Crippen LogP) is 3.08. The lowest BCUT2D eigenvalue weighted by Gasteiger charge is -2.36. The lowest BCUT2D eigenvalue weighted by atomic mass is 10.0. The molecule has 4 nitrogen and oxygen atoms in total. The SMILES string of the molecule is CN1CCN(C(=O)C2=Cc3cc(F)ccc3OC2)c2ccccc21. The molecule has 0 N–H and O–H groups in total. The number of ether oxygens (including phenoxy) is 1. The van der Waals surface area contributed by atoms with Crippen molar-refractivity contribution in [1.29, 1.82) is 0 Å². The molecule has 0 saturated carbocycles. The summed E-state index contributed by atoms with van der Waals surface area (Å²) in [7, 11) is 2.02. The molecule has 0 aliphatic carbocycles. The quantitative estimate of drug-likeness (QED) is 0.808. The summed E-state index contributed by atoms with van der Waals surface area (Å²) < 4.78 is 19.1. The Bertz CT molecular complexity index is 847. The third-order valence-corrected chi connectivity index (χ3v) is 4.45. The van der Waals surface area contributed by atoms with Gasteiger partial charge in [-0.1, -0.05) is 12.1 Å². The number of hydrogen-bond acceptors (Lipinski definition) is 3. The maximum atomic E-state index is 13.4. The van der Waals surface area contributed by atoms with Crippen molar-refractivity contribution >= 4 is 23.4 Å². The number of para-hydroxylation sites is 2. The van der Waals surface area contributed by atoms with Gasteiger partial charge in [0.05, 0.1) is 16.9 Å². The van der Waals surface area contributed by atoms with E-state index in [2.05, 4.69) is 4.90 Å². The average Bonchev–Trinajstić information content (AvgIpc) is 2.61.